The Morgan fingerprint density at radius 3 is 2.50 bits per heavy atom. The van der Waals surface area contributed by atoms with Crippen LogP contribution in [0.2, 0.25) is 0 Å². The molecule has 0 N–H and O–H groups in total. The molecule has 32 valence electrons. The third-order valence-electron chi connectivity index (χ3n) is 0.286. The zero-order valence-electron chi connectivity index (χ0n) is 3.42. The smallest absolute Gasteiger partial charge is 0.00684 e. The maximum atomic E-state index is 4.96. The number of hydrogen-bond acceptors (Lipinski definition) is 1. The molecular weight excluding hydrogens is 92.1 g/mol. The largest absolute Gasteiger partial charge is 0.133 e. The van der Waals surface area contributed by atoms with E-state index in [-0.39, 0.29) is 0 Å². The summed E-state index contributed by atoms with van der Waals surface area (Å²) in [6.45, 7) is 4.96. The number of rotatable bonds is 2. The molecule has 0 saturated carbocycles. The predicted molar refractivity (Wildman–Crippen MR) is 31.0 cm³/mol. The Labute approximate surface area is 42.9 Å². The van der Waals surface area contributed by atoms with Crippen LogP contribution in [0.5, 0.6) is 0 Å². The minimum atomic E-state index is 1.38. The van der Waals surface area contributed by atoms with Gasteiger partial charge in [0.1, 0.15) is 0 Å². The Bertz CT molecular complexity index is 55.0. The maximum Gasteiger partial charge on any atom is 0.00684 e. The van der Waals surface area contributed by atoms with Crippen molar-refractivity contribution in [2.24, 2.45) is 0 Å². The summed E-state index contributed by atoms with van der Waals surface area (Å²) < 4.78 is 0. The van der Waals surface area contributed by atoms with E-state index >= 15 is 0 Å². The van der Waals surface area contributed by atoms with Gasteiger partial charge in [0.2, 0.25) is 0 Å². The Balaban J connectivity index is 2.94. The van der Waals surface area contributed by atoms with Crippen molar-refractivity contribution in [3.63, 3.8) is 0 Å². The van der Waals surface area contributed by atoms with Crippen LogP contribution >= 0.6 is 11.8 Å². The molecule has 0 aromatic carbocycles. The second kappa shape index (κ2) is 4.83. The first-order chi connectivity index (χ1) is 2.91. The highest BCUT2D eigenvalue weighted by Crippen LogP contribution is 1.94. The van der Waals surface area contributed by atoms with Crippen LogP contribution in [0.15, 0.2) is 17.6 Å². The van der Waals surface area contributed by atoms with Crippen LogP contribution in [-0.2, 0) is 0 Å². The molecule has 0 rings (SSSR count). The lowest BCUT2D eigenvalue weighted by molar-refractivity contribution is 2.09. The molecule has 0 atom stereocenters. The van der Waals surface area contributed by atoms with E-state index < -0.39 is 0 Å². The number of hydrogen-bond donors (Lipinski definition) is 0. The van der Waals surface area contributed by atoms with Crippen LogP contribution in [0.25, 0.3) is 0 Å². The highest BCUT2D eigenvalue weighted by atomic mass is 32.2. The van der Waals surface area contributed by atoms with Gasteiger partial charge in [-0.2, -0.15) is 0 Å². The highest BCUT2D eigenvalue weighted by Gasteiger charge is 1.55. The third-order valence-corrected chi connectivity index (χ3v) is 0.635. The molecule has 0 aliphatic heterocycles. The van der Waals surface area contributed by atoms with E-state index in [1.807, 2.05) is 0 Å². The molecule has 0 aromatic heterocycles. The fraction of sp³-hybridized carbons (Fsp3) is 0. The molecule has 0 spiro atoms. The molecule has 0 aliphatic rings. The van der Waals surface area contributed by atoms with Crippen molar-refractivity contribution in [3.8, 4) is 0 Å². The minimum absolute atomic E-state index is 1.38. The molecule has 0 aliphatic carbocycles. The third kappa shape index (κ3) is 3.83. The Morgan fingerprint density at radius 1 is 1.67 bits per heavy atom. The summed E-state index contributed by atoms with van der Waals surface area (Å²) in [4.78, 5) is 0. The SMILES string of the molecule is [CH]=CC=CS[CH2]. The molecule has 0 bridgehead atoms. The van der Waals surface area contributed by atoms with Gasteiger partial charge in [-0.05, 0) is 5.41 Å². The zero-order chi connectivity index (χ0) is 4.83. The molecule has 0 fully saturated rings. The lowest BCUT2D eigenvalue weighted by Gasteiger charge is -1.67. The Hall–Kier alpha value is -0.170. The standard InChI is InChI=1S/C5H6S/c1-3-4-5-6-2/h1,3-5H,2H2. The summed E-state index contributed by atoms with van der Waals surface area (Å²) in [5.41, 5.74) is 0. The first-order valence-corrected chi connectivity index (χ1v) is 2.57. The van der Waals surface area contributed by atoms with Crippen LogP contribution < -0.4 is 0 Å². The van der Waals surface area contributed by atoms with E-state index in [1.54, 1.807) is 11.5 Å². The van der Waals surface area contributed by atoms with Crippen molar-refractivity contribution in [1.82, 2.24) is 0 Å². The second-order valence-corrected chi connectivity index (χ2v) is 1.29. The summed E-state index contributed by atoms with van der Waals surface area (Å²) in [5.74, 6) is 0. The van der Waals surface area contributed by atoms with Gasteiger partial charge < -0.3 is 0 Å². The summed E-state index contributed by atoms with van der Waals surface area (Å²) in [6.07, 6.45) is 6.68. The quantitative estimate of drug-likeness (QED) is 0.476. The Morgan fingerprint density at radius 2 is 2.33 bits per heavy atom. The summed E-state index contributed by atoms with van der Waals surface area (Å²) in [7, 11) is 0. The lowest BCUT2D eigenvalue weighted by Crippen LogP contribution is -1.36. The van der Waals surface area contributed by atoms with Gasteiger partial charge in [0.15, 0.2) is 0 Å². The van der Waals surface area contributed by atoms with Gasteiger partial charge in [0.25, 0.3) is 0 Å². The molecule has 0 unspecified atom stereocenters. The van der Waals surface area contributed by atoms with E-state index in [1.165, 1.54) is 17.8 Å². The molecule has 0 saturated heterocycles. The van der Waals surface area contributed by atoms with Crippen molar-refractivity contribution in [2.75, 3.05) is 0 Å². The second-order valence-electron chi connectivity index (χ2n) is 0.688. The average molecular weight is 98.2 g/mol. The van der Waals surface area contributed by atoms with Crippen LogP contribution in [0.3, 0.4) is 0 Å². The summed E-state index contributed by atoms with van der Waals surface area (Å²) in [5, 5.41) is 1.81. The van der Waals surface area contributed by atoms with Gasteiger partial charge in [-0.25, -0.2) is 0 Å². The van der Waals surface area contributed by atoms with Crippen molar-refractivity contribution in [1.29, 1.82) is 0 Å². The molecular formula is C5H6S. The molecule has 6 heavy (non-hydrogen) atoms. The van der Waals surface area contributed by atoms with Gasteiger partial charge >= 0.3 is 0 Å². The van der Waals surface area contributed by atoms with E-state index in [4.69, 9.17) is 6.58 Å². The van der Waals surface area contributed by atoms with Gasteiger partial charge in [0, 0.05) is 6.26 Å². The highest BCUT2D eigenvalue weighted by molar-refractivity contribution is 8.03. The van der Waals surface area contributed by atoms with Gasteiger partial charge in [-0.15, -0.1) is 11.8 Å². The molecule has 0 heterocycles. The zero-order valence-corrected chi connectivity index (χ0v) is 4.24. The fourth-order valence-corrected chi connectivity index (χ4v) is 0.303. The van der Waals surface area contributed by atoms with E-state index in [2.05, 4.69) is 6.26 Å². The van der Waals surface area contributed by atoms with Crippen molar-refractivity contribution >= 4 is 11.8 Å². The minimum Gasteiger partial charge on any atom is -0.133 e. The monoisotopic (exact) mass is 98.0 g/mol. The molecule has 0 nitrogen and oxygen atoms in total. The summed E-state index contributed by atoms with van der Waals surface area (Å²) >= 11 is 1.38. The van der Waals surface area contributed by atoms with Crippen molar-refractivity contribution < 1.29 is 0 Å². The Kier molecular flexibility index (Phi) is 4.69. The van der Waals surface area contributed by atoms with Crippen LogP contribution in [0.1, 0.15) is 0 Å². The first-order valence-electron chi connectivity index (χ1n) is 1.52. The topological polar surface area (TPSA) is 0 Å². The fourth-order valence-electron chi connectivity index (χ4n) is 0.101. The van der Waals surface area contributed by atoms with Crippen LogP contribution in [0, 0.1) is 12.8 Å². The van der Waals surface area contributed by atoms with Crippen molar-refractivity contribution in [3.05, 3.63) is 30.4 Å². The van der Waals surface area contributed by atoms with Crippen LogP contribution in [-0.4, -0.2) is 0 Å². The number of thioether (sulfide) groups is 1. The van der Waals surface area contributed by atoms with E-state index in [9.17, 15) is 0 Å². The van der Waals surface area contributed by atoms with Gasteiger partial charge in [-0.1, -0.05) is 18.7 Å². The molecule has 1 heteroatoms. The predicted octanol–water partition coefficient (Wildman–Crippen LogP) is 2.01. The molecule has 0 aromatic rings. The summed E-state index contributed by atoms with van der Waals surface area (Å²) in [6, 6.07) is 0. The van der Waals surface area contributed by atoms with Crippen LogP contribution in [0.4, 0.5) is 0 Å². The van der Waals surface area contributed by atoms with E-state index in [0.717, 1.165) is 0 Å². The first kappa shape index (κ1) is 5.83. The molecule has 0 amide bonds. The average Bonchev–Trinajstić information content (AvgIpc) is 1.61. The lowest BCUT2D eigenvalue weighted by atomic mass is 10.6. The van der Waals surface area contributed by atoms with Gasteiger partial charge in [0.05, 0.1) is 0 Å². The number of allylic oxidation sites excluding steroid dienone is 2. The van der Waals surface area contributed by atoms with Gasteiger partial charge in [-0.3, -0.25) is 0 Å². The normalized spacial score (nSPS) is 9.50. The molecule has 2 radical (unpaired) electrons. The van der Waals surface area contributed by atoms with E-state index in [0.29, 0.717) is 0 Å². The van der Waals surface area contributed by atoms with Crippen molar-refractivity contribution in [2.45, 2.75) is 0 Å². The maximum absolute atomic E-state index is 4.96.